The lowest BCUT2D eigenvalue weighted by Gasteiger charge is -2.21. The van der Waals surface area contributed by atoms with E-state index < -0.39 is 0 Å². The normalized spacial score (nSPS) is 10.5. The first kappa shape index (κ1) is 19.9. The van der Waals surface area contributed by atoms with Crippen molar-refractivity contribution in [3.8, 4) is 0 Å². The van der Waals surface area contributed by atoms with Crippen molar-refractivity contribution in [1.82, 2.24) is 15.2 Å². The molecular weight excluding hydrogens is 372 g/mol. The fraction of sp³-hybridized carbons (Fsp3) is 0.286. The largest absolute Gasteiger partial charge is 0.372 e. The van der Waals surface area contributed by atoms with Crippen LogP contribution in [0.1, 0.15) is 19.4 Å². The molecule has 0 unspecified atom stereocenters. The molecule has 146 valence electrons. The van der Waals surface area contributed by atoms with Gasteiger partial charge in [0, 0.05) is 36.0 Å². The van der Waals surface area contributed by atoms with Crippen molar-refractivity contribution >= 4 is 34.7 Å². The second kappa shape index (κ2) is 9.90. The van der Waals surface area contributed by atoms with E-state index in [1.807, 2.05) is 36.4 Å². The number of benzene rings is 2. The van der Waals surface area contributed by atoms with Gasteiger partial charge in [-0.25, -0.2) is 0 Å². The Morgan fingerprint density at radius 3 is 2.54 bits per heavy atom. The maximum atomic E-state index is 6.02. The molecule has 28 heavy (non-hydrogen) atoms. The van der Waals surface area contributed by atoms with E-state index in [1.165, 1.54) is 5.69 Å². The van der Waals surface area contributed by atoms with Gasteiger partial charge < -0.3 is 15.5 Å². The van der Waals surface area contributed by atoms with E-state index in [9.17, 15) is 0 Å². The summed E-state index contributed by atoms with van der Waals surface area (Å²) in [6.07, 6.45) is 2.44. The van der Waals surface area contributed by atoms with Crippen LogP contribution in [-0.2, 0) is 6.42 Å². The molecular formula is C21H25ClN6. The fourth-order valence-electron chi connectivity index (χ4n) is 2.94. The van der Waals surface area contributed by atoms with Crippen molar-refractivity contribution in [2.45, 2.75) is 20.3 Å². The second-order valence-corrected chi connectivity index (χ2v) is 6.75. The topological polar surface area (TPSA) is 66.0 Å². The lowest BCUT2D eigenvalue weighted by atomic mass is 10.1. The summed E-state index contributed by atoms with van der Waals surface area (Å²) in [7, 11) is 0. The molecule has 0 aliphatic heterocycles. The Labute approximate surface area is 171 Å². The van der Waals surface area contributed by atoms with Crippen LogP contribution in [0.3, 0.4) is 0 Å². The van der Waals surface area contributed by atoms with Gasteiger partial charge in [0.15, 0.2) is 5.82 Å². The minimum absolute atomic E-state index is 0.492. The Kier molecular flexibility index (Phi) is 7.03. The Bertz CT molecular complexity index is 880. The predicted octanol–water partition coefficient (Wildman–Crippen LogP) is 4.77. The van der Waals surface area contributed by atoms with Gasteiger partial charge in [0.2, 0.25) is 5.95 Å². The number of rotatable bonds is 9. The van der Waals surface area contributed by atoms with Crippen LogP contribution in [0.2, 0.25) is 5.02 Å². The molecule has 0 spiro atoms. The molecule has 3 rings (SSSR count). The van der Waals surface area contributed by atoms with E-state index >= 15 is 0 Å². The van der Waals surface area contributed by atoms with Crippen LogP contribution in [0.15, 0.2) is 54.7 Å². The summed E-state index contributed by atoms with van der Waals surface area (Å²) >= 11 is 6.02. The fourth-order valence-corrected chi connectivity index (χ4v) is 3.15. The molecule has 0 saturated carbocycles. The summed E-state index contributed by atoms with van der Waals surface area (Å²) in [5.41, 5.74) is 3.33. The summed E-state index contributed by atoms with van der Waals surface area (Å²) in [4.78, 5) is 6.78. The molecule has 0 saturated heterocycles. The molecule has 2 N–H and O–H groups in total. The van der Waals surface area contributed by atoms with E-state index in [4.69, 9.17) is 11.6 Å². The SMILES string of the molecule is CCN(CC)c1ccc(Nc2cnnc(NCCc3cccc(Cl)c3)n2)cc1. The van der Waals surface area contributed by atoms with Gasteiger partial charge in [-0.2, -0.15) is 10.1 Å². The van der Waals surface area contributed by atoms with E-state index in [2.05, 4.69) is 56.7 Å². The van der Waals surface area contributed by atoms with Crippen molar-refractivity contribution in [2.75, 3.05) is 35.2 Å². The van der Waals surface area contributed by atoms with Gasteiger partial charge in [0.05, 0.1) is 6.20 Å². The average Bonchev–Trinajstić information content (AvgIpc) is 2.71. The van der Waals surface area contributed by atoms with Gasteiger partial charge in [-0.1, -0.05) is 23.7 Å². The number of nitrogens with zero attached hydrogens (tertiary/aromatic N) is 4. The highest BCUT2D eigenvalue weighted by atomic mass is 35.5. The number of hydrogen-bond acceptors (Lipinski definition) is 6. The highest BCUT2D eigenvalue weighted by Gasteiger charge is 2.04. The van der Waals surface area contributed by atoms with Gasteiger partial charge in [0.1, 0.15) is 0 Å². The van der Waals surface area contributed by atoms with Crippen LogP contribution in [0, 0.1) is 0 Å². The maximum absolute atomic E-state index is 6.02. The molecule has 0 aliphatic rings. The zero-order valence-corrected chi connectivity index (χ0v) is 16.9. The maximum Gasteiger partial charge on any atom is 0.244 e. The monoisotopic (exact) mass is 396 g/mol. The minimum atomic E-state index is 0.492. The van der Waals surface area contributed by atoms with E-state index in [-0.39, 0.29) is 0 Å². The lowest BCUT2D eigenvalue weighted by molar-refractivity contribution is 0.866. The van der Waals surface area contributed by atoms with Crippen LogP contribution in [0.5, 0.6) is 0 Å². The molecule has 1 aromatic heterocycles. The molecule has 0 amide bonds. The molecule has 0 bridgehead atoms. The quantitative estimate of drug-likeness (QED) is 0.543. The lowest BCUT2D eigenvalue weighted by Crippen LogP contribution is -2.21. The molecule has 1 heterocycles. The highest BCUT2D eigenvalue weighted by molar-refractivity contribution is 6.30. The van der Waals surface area contributed by atoms with Crippen molar-refractivity contribution in [3.63, 3.8) is 0 Å². The minimum Gasteiger partial charge on any atom is -0.372 e. The number of hydrogen-bond donors (Lipinski definition) is 2. The summed E-state index contributed by atoms with van der Waals surface area (Å²) in [6.45, 7) is 6.99. The van der Waals surface area contributed by atoms with Crippen LogP contribution in [0.25, 0.3) is 0 Å². The molecule has 0 atom stereocenters. The third kappa shape index (κ3) is 5.57. The van der Waals surface area contributed by atoms with Gasteiger partial charge in [-0.05, 0) is 62.2 Å². The predicted molar refractivity (Wildman–Crippen MR) is 117 cm³/mol. The van der Waals surface area contributed by atoms with Crippen molar-refractivity contribution in [2.24, 2.45) is 0 Å². The zero-order valence-electron chi connectivity index (χ0n) is 16.2. The number of anilines is 4. The van der Waals surface area contributed by atoms with Crippen molar-refractivity contribution in [3.05, 3.63) is 65.3 Å². The average molecular weight is 397 g/mol. The molecule has 0 aliphatic carbocycles. The first-order chi connectivity index (χ1) is 13.7. The van der Waals surface area contributed by atoms with Crippen LogP contribution >= 0.6 is 11.6 Å². The summed E-state index contributed by atoms with van der Waals surface area (Å²) in [5, 5.41) is 15.3. The Hall–Kier alpha value is -2.86. The molecule has 0 radical (unpaired) electrons. The molecule has 2 aromatic carbocycles. The number of halogens is 1. The highest BCUT2D eigenvalue weighted by Crippen LogP contribution is 2.20. The molecule has 3 aromatic rings. The van der Waals surface area contributed by atoms with E-state index in [1.54, 1.807) is 6.20 Å². The number of nitrogens with one attached hydrogen (secondary N) is 2. The van der Waals surface area contributed by atoms with Crippen LogP contribution in [-0.4, -0.2) is 34.8 Å². The van der Waals surface area contributed by atoms with Crippen LogP contribution in [0.4, 0.5) is 23.1 Å². The summed E-state index contributed by atoms with van der Waals surface area (Å²) in [5.74, 6) is 1.14. The summed E-state index contributed by atoms with van der Waals surface area (Å²) in [6, 6.07) is 16.1. The Morgan fingerprint density at radius 1 is 1.04 bits per heavy atom. The standard InChI is InChI=1S/C21H25ClN6/c1-3-28(4-2)19-10-8-18(9-11-19)25-20-15-24-27-21(26-20)23-13-12-16-6-5-7-17(22)14-16/h5-11,14-15H,3-4,12-13H2,1-2H3,(H2,23,25,26,27). The smallest absolute Gasteiger partial charge is 0.244 e. The van der Waals surface area contributed by atoms with E-state index in [0.29, 0.717) is 18.3 Å². The van der Waals surface area contributed by atoms with Crippen LogP contribution < -0.4 is 15.5 Å². The second-order valence-electron chi connectivity index (χ2n) is 6.32. The van der Waals surface area contributed by atoms with Gasteiger partial charge >= 0.3 is 0 Å². The first-order valence-electron chi connectivity index (χ1n) is 9.48. The van der Waals surface area contributed by atoms with Crippen molar-refractivity contribution in [1.29, 1.82) is 0 Å². The molecule has 0 fully saturated rings. The third-order valence-corrected chi connectivity index (χ3v) is 4.65. The van der Waals surface area contributed by atoms with Gasteiger partial charge in [-0.3, -0.25) is 0 Å². The van der Waals surface area contributed by atoms with Crippen molar-refractivity contribution < 1.29 is 0 Å². The van der Waals surface area contributed by atoms with E-state index in [0.717, 1.165) is 35.8 Å². The Morgan fingerprint density at radius 2 is 1.82 bits per heavy atom. The third-order valence-electron chi connectivity index (χ3n) is 4.41. The molecule has 6 nitrogen and oxygen atoms in total. The number of aromatic nitrogens is 3. The van der Waals surface area contributed by atoms with Gasteiger partial charge in [0.25, 0.3) is 0 Å². The summed E-state index contributed by atoms with van der Waals surface area (Å²) < 4.78 is 0. The Balaban J connectivity index is 1.57. The van der Waals surface area contributed by atoms with Gasteiger partial charge in [-0.15, -0.1) is 5.10 Å². The zero-order chi connectivity index (χ0) is 19.8. The first-order valence-corrected chi connectivity index (χ1v) is 9.85. The molecule has 7 heteroatoms.